The quantitative estimate of drug-likeness (QED) is 0.754. The van der Waals surface area contributed by atoms with Gasteiger partial charge in [-0.25, -0.2) is 18.0 Å². The average Bonchev–Trinajstić information content (AvgIpc) is 3.02. The number of H-pyrrole nitrogens is 1. The van der Waals surface area contributed by atoms with Crippen LogP contribution < -0.4 is 0 Å². The van der Waals surface area contributed by atoms with Crippen molar-refractivity contribution in [1.82, 2.24) is 9.29 Å². The second kappa shape index (κ2) is 7.79. The highest BCUT2D eigenvalue weighted by atomic mass is 32.2. The largest absolute Gasteiger partial charge is 0.457 e. The number of sulfonamides is 1. The maximum atomic E-state index is 12.5. The van der Waals surface area contributed by atoms with Crippen molar-refractivity contribution in [3.63, 3.8) is 0 Å². The molecule has 0 radical (unpaired) electrons. The van der Waals surface area contributed by atoms with Gasteiger partial charge in [-0.15, -0.1) is 0 Å². The van der Waals surface area contributed by atoms with E-state index in [-0.39, 0.29) is 10.6 Å². The number of carbonyl (C=O) groups excluding carboxylic acids is 2. The van der Waals surface area contributed by atoms with E-state index in [1.54, 1.807) is 32.5 Å². The van der Waals surface area contributed by atoms with Gasteiger partial charge in [-0.3, -0.25) is 0 Å². The SMILES string of the molecule is CC(C)(C)OC(=O)COC(=O)c1cc(S(=O)(=O)N2CCSCC2)c[nH]1. The molecule has 0 unspecified atom stereocenters. The highest BCUT2D eigenvalue weighted by Crippen LogP contribution is 2.21. The van der Waals surface area contributed by atoms with Crippen molar-refractivity contribution in [3.05, 3.63) is 18.0 Å². The summed E-state index contributed by atoms with van der Waals surface area (Å²) in [7, 11) is -3.64. The number of esters is 2. The van der Waals surface area contributed by atoms with Gasteiger partial charge in [0.25, 0.3) is 0 Å². The monoisotopic (exact) mass is 390 g/mol. The normalized spacial score (nSPS) is 16.4. The standard InChI is InChI=1S/C15H22N2O6S2/c1-15(2,3)23-13(18)10-22-14(19)12-8-11(9-16-12)25(20,21)17-4-6-24-7-5-17/h8-9,16H,4-7,10H2,1-3H3. The van der Waals surface area contributed by atoms with Crippen molar-refractivity contribution in [2.75, 3.05) is 31.2 Å². The van der Waals surface area contributed by atoms with Crippen LogP contribution in [0.3, 0.4) is 0 Å². The summed E-state index contributed by atoms with van der Waals surface area (Å²) >= 11 is 1.70. The number of carbonyl (C=O) groups is 2. The summed E-state index contributed by atoms with van der Waals surface area (Å²) in [5, 5.41) is 0. The molecule has 1 aliphatic heterocycles. The van der Waals surface area contributed by atoms with Crippen LogP contribution >= 0.6 is 11.8 Å². The maximum absolute atomic E-state index is 12.5. The molecule has 1 N–H and O–H groups in total. The molecule has 0 bridgehead atoms. The number of aromatic nitrogens is 1. The van der Waals surface area contributed by atoms with Gasteiger partial charge in [0.15, 0.2) is 6.61 Å². The van der Waals surface area contributed by atoms with Crippen molar-refractivity contribution in [1.29, 1.82) is 0 Å². The van der Waals surface area contributed by atoms with Crippen LogP contribution in [0.1, 0.15) is 31.3 Å². The van der Waals surface area contributed by atoms with Crippen LogP contribution in [0, 0.1) is 0 Å². The van der Waals surface area contributed by atoms with Gasteiger partial charge in [-0.2, -0.15) is 16.1 Å². The van der Waals surface area contributed by atoms with Crippen molar-refractivity contribution in [2.24, 2.45) is 0 Å². The predicted molar refractivity (Wildman–Crippen MR) is 93.0 cm³/mol. The van der Waals surface area contributed by atoms with Crippen molar-refractivity contribution >= 4 is 33.7 Å². The third-order valence-corrected chi connectivity index (χ3v) is 6.04. The summed E-state index contributed by atoms with van der Waals surface area (Å²) in [6, 6.07) is 1.22. The lowest BCUT2D eigenvalue weighted by atomic mass is 10.2. The lowest BCUT2D eigenvalue weighted by Crippen LogP contribution is -2.37. The molecule has 0 aliphatic carbocycles. The predicted octanol–water partition coefficient (Wildman–Crippen LogP) is 1.25. The molecule has 2 heterocycles. The Hall–Kier alpha value is -1.52. The van der Waals surface area contributed by atoms with E-state index < -0.39 is 34.2 Å². The molecule has 0 spiro atoms. The number of nitrogens with zero attached hydrogens (tertiary/aromatic N) is 1. The maximum Gasteiger partial charge on any atom is 0.355 e. The topological polar surface area (TPSA) is 106 Å². The number of hydrogen-bond acceptors (Lipinski definition) is 7. The Balaban J connectivity index is 1.98. The van der Waals surface area contributed by atoms with E-state index in [4.69, 9.17) is 9.47 Å². The first-order valence-electron chi connectivity index (χ1n) is 7.75. The molecule has 140 valence electrons. The van der Waals surface area contributed by atoms with Crippen molar-refractivity contribution < 1.29 is 27.5 Å². The minimum absolute atomic E-state index is 0.00335. The Morgan fingerprint density at radius 1 is 1.28 bits per heavy atom. The zero-order chi connectivity index (χ0) is 18.7. The number of nitrogens with one attached hydrogen (secondary N) is 1. The molecule has 8 nitrogen and oxygen atoms in total. The molecular weight excluding hydrogens is 368 g/mol. The Bertz CT molecular complexity index is 729. The molecule has 1 aromatic rings. The molecular formula is C15H22N2O6S2. The van der Waals surface area contributed by atoms with Crippen LogP contribution in [-0.2, 0) is 24.3 Å². The van der Waals surface area contributed by atoms with Crippen LogP contribution in [0.15, 0.2) is 17.2 Å². The minimum atomic E-state index is -3.64. The number of ether oxygens (including phenoxy) is 2. The second-order valence-corrected chi connectivity index (χ2v) is 9.59. The fraction of sp³-hybridized carbons (Fsp3) is 0.600. The molecule has 0 saturated carbocycles. The van der Waals surface area contributed by atoms with Gasteiger partial charge in [0, 0.05) is 30.8 Å². The zero-order valence-corrected chi connectivity index (χ0v) is 16.0. The van der Waals surface area contributed by atoms with E-state index in [2.05, 4.69) is 4.98 Å². The zero-order valence-electron chi connectivity index (χ0n) is 14.4. The lowest BCUT2D eigenvalue weighted by Gasteiger charge is -2.24. The highest BCUT2D eigenvalue weighted by molar-refractivity contribution is 7.99. The molecule has 1 fully saturated rings. The molecule has 0 aromatic carbocycles. The van der Waals surface area contributed by atoms with Gasteiger partial charge in [-0.1, -0.05) is 0 Å². The summed E-state index contributed by atoms with van der Waals surface area (Å²) in [5.41, 5.74) is -0.710. The molecule has 0 atom stereocenters. The van der Waals surface area contributed by atoms with E-state index in [1.807, 2.05) is 0 Å². The van der Waals surface area contributed by atoms with Crippen molar-refractivity contribution in [2.45, 2.75) is 31.3 Å². The number of hydrogen-bond donors (Lipinski definition) is 1. The van der Waals surface area contributed by atoms with Crippen LogP contribution in [0.2, 0.25) is 0 Å². The van der Waals surface area contributed by atoms with Crippen LogP contribution in [0.5, 0.6) is 0 Å². The van der Waals surface area contributed by atoms with Gasteiger partial charge in [0.1, 0.15) is 16.2 Å². The first kappa shape index (κ1) is 19.8. The summed E-state index contributed by atoms with van der Waals surface area (Å²) in [5.74, 6) is -0.00402. The smallest absolute Gasteiger partial charge is 0.355 e. The number of rotatable bonds is 5. The lowest BCUT2D eigenvalue weighted by molar-refractivity contribution is -0.158. The molecule has 1 saturated heterocycles. The fourth-order valence-corrected chi connectivity index (χ4v) is 4.72. The first-order chi connectivity index (χ1) is 11.6. The Labute approximate surface area is 151 Å². The average molecular weight is 390 g/mol. The van der Waals surface area contributed by atoms with Crippen LogP contribution in [-0.4, -0.2) is 66.4 Å². The second-order valence-electron chi connectivity index (χ2n) is 6.43. The van der Waals surface area contributed by atoms with Crippen LogP contribution in [0.25, 0.3) is 0 Å². The molecule has 0 amide bonds. The summed E-state index contributed by atoms with van der Waals surface area (Å²) in [4.78, 5) is 26.1. The third kappa shape index (κ3) is 5.48. The van der Waals surface area contributed by atoms with Crippen molar-refractivity contribution in [3.8, 4) is 0 Å². The highest BCUT2D eigenvalue weighted by Gasteiger charge is 2.28. The van der Waals surface area contributed by atoms with Gasteiger partial charge in [-0.05, 0) is 26.8 Å². The van der Waals surface area contributed by atoms with Crippen LogP contribution in [0.4, 0.5) is 0 Å². The van der Waals surface area contributed by atoms with E-state index in [1.165, 1.54) is 16.6 Å². The number of thioether (sulfide) groups is 1. The van der Waals surface area contributed by atoms with Gasteiger partial charge in [0.2, 0.25) is 10.0 Å². The minimum Gasteiger partial charge on any atom is -0.457 e. The van der Waals surface area contributed by atoms with Gasteiger partial charge < -0.3 is 14.5 Å². The fourth-order valence-electron chi connectivity index (χ4n) is 2.15. The van der Waals surface area contributed by atoms with E-state index >= 15 is 0 Å². The Kier molecular flexibility index (Phi) is 6.17. The van der Waals surface area contributed by atoms with E-state index in [0.29, 0.717) is 13.1 Å². The van der Waals surface area contributed by atoms with E-state index in [9.17, 15) is 18.0 Å². The summed E-state index contributed by atoms with van der Waals surface area (Å²) in [6.07, 6.45) is 1.25. The molecule has 1 aliphatic rings. The first-order valence-corrected chi connectivity index (χ1v) is 10.3. The molecule has 1 aromatic heterocycles. The third-order valence-electron chi connectivity index (χ3n) is 3.23. The van der Waals surface area contributed by atoms with Gasteiger partial charge in [0.05, 0.1) is 0 Å². The molecule has 25 heavy (non-hydrogen) atoms. The molecule has 2 rings (SSSR count). The summed E-state index contributed by atoms with van der Waals surface area (Å²) < 4.78 is 36.3. The molecule has 10 heteroatoms. The van der Waals surface area contributed by atoms with Gasteiger partial charge >= 0.3 is 11.9 Å². The Morgan fingerprint density at radius 2 is 1.92 bits per heavy atom. The summed E-state index contributed by atoms with van der Waals surface area (Å²) in [6.45, 7) is 5.45. The number of aromatic amines is 1. The Morgan fingerprint density at radius 3 is 2.52 bits per heavy atom. The van der Waals surface area contributed by atoms with E-state index in [0.717, 1.165) is 11.5 Å².